The van der Waals surface area contributed by atoms with E-state index in [4.69, 9.17) is 12.2 Å². The zero-order valence-electron chi connectivity index (χ0n) is 9.30. The van der Waals surface area contributed by atoms with Gasteiger partial charge < -0.3 is 15.6 Å². The second-order valence-corrected chi connectivity index (χ2v) is 3.96. The average Bonchev–Trinajstić information content (AvgIpc) is 2.71. The Morgan fingerprint density at radius 3 is 2.67 bits per heavy atom. The molecule has 94 valence electrons. The van der Waals surface area contributed by atoms with E-state index >= 15 is 0 Å². The first-order chi connectivity index (χ1) is 8.52. The van der Waals surface area contributed by atoms with Crippen molar-refractivity contribution in [1.82, 2.24) is 10.3 Å². The lowest BCUT2D eigenvalue weighted by Gasteiger charge is -2.04. The Morgan fingerprint density at radius 1 is 1.33 bits per heavy atom. The summed E-state index contributed by atoms with van der Waals surface area (Å²) in [6.45, 7) is 0. The number of halogens is 2. The highest BCUT2D eigenvalue weighted by Gasteiger charge is 2.13. The standard InChI is InChI=1S/C11H9F2N3OS/c1-14-11(18)10(17)16-9-4-15-8-3-7(13)6(12)2-5(8)9/h2-4,15H,1H3,(H,14,18)(H,16,17). The fraction of sp³-hybridized carbons (Fsp3) is 0.0909. The molecule has 1 aromatic carbocycles. The van der Waals surface area contributed by atoms with Crippen LogP contribution >= 0.6 is 12.2 Å². The van der Waals surface area contributed by atoms with Crippen LogP contribution in [0.25, 0.3) is 10.9 Å². The number of fused-ring (bicyclic) bond motifs is 1. The zero-order valence-corrected chi connectivity index (χ0v) is 10.1. The Hall–Kier alpha value is -2.02. The van der Waals surface area contributed by atoms with Gasteiger partial charge in [0.05, 0.1) is 11.2 Å². The molecule has 7 heteroatoms. The molecule has 0 radical (unpaired) electrons. The molecule has 0 saturated carbocycles. The van der Waals surface area contributed by atoms with Crippen LogP contribution in [0.5, 0.6) is 0 Å². The third-order valence-electron chi connectivity index (χ3n) is 2.40. The van der Waals surface area contributed by atoms with Gasteiger partial charge in [0.15, 0.2) is 16.6 Å². The SMILES string of the molecule is CNC(=S)C(=O)Nc1c[nH]c2cc(F)c(F)cc12. The molecule has 18 heavy (non-hydrogen) atoms. The van der Waals surface area contributed by atoms with Crippen molar-refractivity contribution in [2.75, 3.05) is 12.4 Å². The van der Waals surface area contributed by atoms with Gasteiger partial charge in [0.2, 0.25) is 0 Å². The van der Waals surface area contributed by atoms with Crippen molar-refractivity contribution < 1.29 is 13.6 Å². The van der Waals surface area contributed by atoms with Crippen molar-refractivity contribution in [2.24, 2.45) is 0 Å². The van der Waals surface area contributed by atoms with Crippen LogP contribution in [0.15, 0.2) is 18.3 Å². The summed E-state index contributed by atoms with van der Waals surface area (Å²) < 4.78 is 26.1. The summed E-state index contributed by atoms with van der Waals surface area (Å²) in [6.07, 6.45) is 1.44. The minimum absolute atomic E-state index is 0.00642. The summed E-state index contributed by atoms with van der Waals surface area (Å²) in [5.41, 5.74) is 0.728. The van der Waals surface area contributed by atoms with E-state index in [0.717, 1.165) is 12.1 Å². The summed E-state index contributed by atoms with van der Waals surface area (Å²) in [5, 5.41) is 5.40. The first-order valence-corrected chi connectivity index (χ1v) is 5.43. The molecule has 0 bridgehead atoms. The van der Waals surface area contributed by atoms with E-state index < -0.39 is 17.5 Å². The molecule has 0 fully saturated rings. The quantitative estimate of drug-likeness (QED) is 0.693. The molecule has 0 unspecified atom stereocenters. The number of hydrogen-bond donors (Lipinski definition) is 3. The number of benzene rings is 1. The highest BCUT2D eigenvalue weighted by Crippen LogP contribution is 2.25. The Morgan fingerprint density at radius 2 is 2.00 bits per heavy atom. The van der Waals surface area contributed by atoms with Gasteiger partial charge >= 0.3 is 0 Å². The van der Waals surface area contributed by atoms with Gasteiger partial charge in [0, 0.05) is 24.7 Å². The monoisotopic (exact) mass is 269 g/mol. The number of amides is 1. The first kappa shape index (κ1) is 12.4. The van der Waals surface area contributed by atoms with Gasteiger partial charge in [-0.1, -0.05) is 12.2 Å². The number of thiocarbonyl (C=S) groups is 1. The van der Waals surface area contributed by atoms with Crippen LogP contribution in [0.2, 0.25) is 0 Å². The summed E-state index contributed by atoms with van der Waals surface area (Å²) in [5.74, 6) is -2.44. The van der Waals surface area contributed by atoms with Crippen LogP contribution < -0.4 is 10.6 Å². The Balaban J connectivity index is 2.38. The normalized spacial score (nSPS) is 10.4. The highest BCUT2D eigenvalue weighted by molar-refractivity contribution is 7.82. The van der Waals surface area contributed by atoms with Gasteiger partial charge in [-0.3, -0.25) is 4.79 Å². The molecular formula is C11H9F2N3OS. The number of likely N-dealkylation sites (N-methyl/N-ethyl adjacent to an activating group) is 1. The molecule has 2 aromatic rings. The lowest BCUT2D eigenvalue weighted by Crippen LogP contribution is -2.30. The predicted molar refractivity (Wildman–Crippen MR) is 68.5 cm³/mol. The van der Waals surface area contributed by atoms with E-state index in [-0.39, 0.29) is 4.99 Å². The molecule has 0 atom stereocenters. The molecule has 0 saturated heterocycles. The smallest absolute Gasteiger partial charge is 0.283 e. The Labute approximate surface area is 106 Å². The third kappa shape index (κ3) is 2.17. The zero-order chi connectivity index (χ0) is 13.3. The molecule has 1 amide bonds. The maximum Gasteiger partial charge on any atom is 0.283 e. The third-order valence-corrected chi connectivity index (χ3v) is 2.79. The fourth-order valence-electron chi connectivity index (χ4n) is 1.51. The van der Waals surface area contributed by atoms with Gasteiger partial charge in [-0.2, -0.15) is 0 Å². The molecule has 1 heterocycles. The van der Waals surface area contributed by atoms with Crippen molar-refractivity contribution in [3.8, 4) is 0 Å². The van der Waals surface area contributed by atoms with E-state index in [0.29, 0.717) is 16.6 Å². The topological polar surface area (TPSA) is 56.9 Å². The molecule has 1 aromatic heterocycles. The van der Waals surface area contributed by atoms with Crippen molar-refractivity contribution >= 4 is 39.7 Å². The minimum atomic E-state index is -0.978. The molecule has 2 rings (SSSR count). The van der Waals surface area contributed by atoms with Gasteiger partial charge in [0.1, 0.15) is 0 Å². The van der Waals surface area contributed by atoms with E-state index in [2.05, 4.69) is 15.6 Å². The van der Waals surface area contributed by atoms with Crippen LogP contribution in [0, 0.1) is 11.6 Å². The number of aromatic amines is 1. The number of aromatic nitrogens is 1. The summed E-state index contributed by atoms with van der Waals surface area (Å²) in [7, 11) is 1.52. The van der Waals surface area contributed by atoms with Crippen LogP contribution in [0.3, 0.4) is 0 Å². The number of rotatable bonds is 1. The number of nitrogens with one attached hydrogen (secondary N) is 3. The van der Waals surface area contributed by atoms with Crippen LogP contribution in [-0.4, -0.2) is 22.9 Å². The summed E-state index contributed by atoms with van der Waals surface area (Å²) >= 11 is 4.75. The van der Waals surface area contributed by atoms with Gasteiger partial charge in [0.25, 0.3) is 5.91 Å². The molecule has 0 aliphatic carbocycles. The van der Waals surface area contributed by atoms with E-state index in [1.54, 1.807) is 0 Å². The number of hydrogen-bond acceptors (Lipinski definition) is 2. The summed E-state index contributed by atoms with van der Waals surface area (Å²) in [4.78, 5) is 14.3. The summed E-state index contributed by atoms with van der Waals surface area (Å²) in [6, 6.07) is 2.04. The van der Waals surface area contributed by atoms with Gasteiger partial charge in [-0.05, 0) is 6.07 Å². The number of carbonyl (C=O) groups is 1. The maximum atomic E-state index is 13.1. The fourth-order valence-corrected chi connectivity index (χ4v) is 1.56. The highest BCUT2D eigenvalue weighted by atomic mass is 32.1. The van der Waals surface area contributed by atoms with E-state index in [1.807, 2.05) is 0 Å². The van der Waals surface area contributed by atoms with E-state index in [9.17, 15) is 13.6 Å². The van der Waals surface area contributed by atoms with Crippen molar-refractivity contribution in [1.29, 1.82) is 0 Å². The second-order valence-electron chi connectivity index (χ2n) is 3.55. The lowest BCUT2D eigenvalue weighted by molar-refractivity contribution is -0.110. The molecule has 4 nitrogen and oxygen atoms in total. The average molecular weight is 269 g/mol. The minimum Gasteiger partial charge on any atom is -0.375 e. The lowest BCUT2D eigenvalue weighted by atomic mass is 10.2. The molecule has 0 aliphatic heterocycles. The second kappa shape index (κ2) is 4.69. The number of H-pyrrole nitrogens is 1. The predicted octanol–water partition coefficient (Wildman–Crippen LogP) is 1.93. The van der Waals surface area contributed by atoms with Gasteiger partial charge in [-0.15, -0.1) is 0 Å². The molecule has 0 spiro atoms. The van der Waals surface area contributed by atoms with Crippen LogP contribution in [-0.2, 0) is 4.79 Å². The van der Waals surface area contributed by atoms with Crippen molar-refractivity contribution in [3.63, 3.8) is 0 Å². The maximum absolute atomic E-state index is 13.1. The van der Waals surface area contributed by atoms with Crippen molar-refractivity contribution in [3.05, 3.63) is 30.0 Å². The Bertz CT molecular complexity index is 638. The largest absolute Gasteiger partial charge is 0.375 e. The first-order valence-electron chi connectivity index (χ1n) is 5.02. The van der Waals surface area contributed by atoms with Crippen LogP contribution in [0.1, 0.15) is 0 Å². The number of anilines is 1. The van der Waals surface area contributed by atoms with Gasteiger partial charge in [-0.25, -0.2) is 8.78 Å². The Kier molecular flexibility index (Phi) is 3.24. The molecule has 0 aliphatic rings. The number of carbonyl (C=O) groups excluding carboxylic acids is 1. The van der Waals surface area contributed by atoms with Crippen molar-refractivity contribution in [2.45, 2.75) is 0 Å². The van der Waals surface area contributed by atoms with E-state index in [1.165, 1.54) is 13.2 Å². The molecular weight excluding hydrogens is 260 g/mol. The molecule has 3 N–H and O–H groups in total. The van der Waals surface area contributed by atoms with Crippen LogP contribution in [0.4, 0.5) is 14.5 Å².